The van der Waals surface area contributed by atoms with Gasteiger partial charge in [-0.25, -0.2) is 4.79 Å². The fourth-order valence-corrected chi connectivity index (χ4v) is 3.44. The number of carbonyl (C=O) groups is 4. The zero-order valence-corrected chi connectivity index (χ0v) is 20.4. The van der Waals surface area contributed by atoms with Crippen molar-refractivity contribution in [3.8, 4) is 5.75 Å². The van der Waals surface area contributed by atoms with Crippen LogP contribution in [0, 0.1) is 5.92 Å². The van der Waals surface area contributed by atoms with Crippen molar-refractivity contribution in [3.05, 3.63) is 65.7 Å². The largest absolute Gasteiger partial charge is 0.508 e. The molecule has 0 aliphatic heterocycles. The first-order valence-electron chi connectivity index (χ1n) is 11.8. The first kappa shape index (κ1) is 28.3. The fraction of sp³-hybridized carbons (Fsp3) is 0.385. The molecule has 0 unspecified atom stereocenters. The van der Waals surface area contributed by atoms with Crippen molar-refractivity contribution in [2.45, 2.75) is 51.2 Å². The zero-order valence-electron chi connectivity index (χ0n) is 20.4. The number of carbonyl (C=O) groups excluding carboxylic acids is 3. The number of rotatable bonds is 13. The molecular formula is C26H34N4O6. The van der Waals surface area contributed by atoms with Gasteiger partial charge in [-0.3, -0.25) is 14.4 Å². The second-order valence-electron chi connectivity index (χ2n) is 8.71. The lowest BCUT2D eigenvalue weighted by Crippen LogP contribution is -2.55. The summed E-state index contributed by atoms with van der Waals surface area (Å²) in [5.74, 6) is -3.06. The third-order valence-electron chi connectivity index (χ3n) is 5.91. The molecule has 36 heavy (non-hydrogen) atoms. The normalized spacial score (nSPS) is 14.1. The second-order valence-corrected chi connectivity index (χ2v) is 8.71. The van der Waals surface area contributed by atoms with E-state index in [1.165, 1.54) is 12.1 Å². The van der Waals surface area contributed by atoms with Crippen LogP contribution in [0.4, 0.5) is 0 Å². The van der Waals surface area contributed by atoms with Gasteiger partial charge in [-0.1, -0.05) is 62.7 Å². The van der Waals surface area contributed by atoms with E-state index in [0.717, 1.165) is 5.56 Å². The van der Waals surface area contributed by atoms with Crippen LogP contribution in [-0.2, 0) is 32.0 Å². The number of aromatic hydroxyl groups is 1. The van der Waals surface area contributed by atoms with Crippen LogP contribution in [0.25, 0.3) is 0 Å². The molecule has 0 fully saturated rings. The van der Waals surface area contributed by atoms with Crippen molar-refractivity contribution in [1.82, 2.24) is 16.0 Å². The van der Waals surface area contributed by atoms with Crippen molar-refractivity contribution in [1.29, 1.82) is 0 Å². The Kier molecular flexibility index (Phi) is 10.9. The van der Waals surface area contributed by atoms with Crippen molar-refractivity contribution >= 4 is 23.7 Å². The molecule has 2 aromatic carbocycles. The van der Waals surface area contributed by atoms with E-state index in [1.807, 2.05) is 13.8 Å². The zero-order chi connectivity index (χ0) is 26.7. The minimum absolute atomic E-state index is 0.0581. The molecular weight excluding hydrogens is 464 g/mol. The van der Waals surface area contributed by atoms with Crippen LogP contribution in [0.2, 0.25) is 0 Å². The molecule has 0 aromatic heterocycles. The van der Waals surface area contributed by atoms with Crippen LogP contribution in [0.1, 0.15) is 31.4 Å². The van der Waals surface area contributed by atoms with Gasteiger partial charge in [0.05, 0.1) is 12.6 Å². The van der Waals surface area contributed by atoms with Crippen molar-refractivity contribution < 1.29 is 29.4 Å². The topological polar surface area (TPSA) is 171 Å². The summed E-state index contributed by atoms with van der Waals surface area (Å²) < 4.78 is 0. The molecule has 0 radical (unpaired) electrons. The van der Waals surface area contributed by atoms with Gasteiger partial charge in [0.2, 0.25) is 17.7 Å². The van der Waals surface area contributed by atoms with Crippen molar-refractivity contribution in [2.75, 3.05) is 6.54 Å². The molecule has 3 amide bonds. The van der Waals surface area contributed by atoms with Crippen LogP contribution in [0.3, 0.4) is 0 Å². The summed E-state index contributed by atoms with van der Waals surface area (Å²) in [7, 11) is 0. The Balaban J connectivity index is 2.03. The number of carboxylic acid groups (broad SMARTS) is 1. The van der Waals surface area contributed by atoms with E-state index in [1.54, 1.807) is 42.5 Å². The van der Waals surface area contributed by atoms with Gasteiger partial charge in [-0.2, -0.15) is 0 Å². The highest BCUT2D eigenvalue weighted by molar-refractivity contribution is 5.92. The molecule has 10 heteroatoms. The molecule has 2 aromatic rings. The van der Waals surface area contributed by atoms with Crippen LogP contribution < -0.4 is 21.7 Å². The maximum Gasteiger partial charge on any atom is 0.326 e. The summed E-state index contributed by atoms with van der Waals surface area (Å²) in [5, 5.41) is 26.5. The third-order valence-corrected chi connectivity index (χ3v) is 5.91. The number of amides is 3. The predicted molar refractivity (Wildman–Crippen MR) is 134 cm³/mol. The standard InChI is InChI=1S/C26H34N4O6/c1-3-16(2)23(27)25(34)30-20(13-18-9-11-19(31)12-10-18)24(33)28-15-22(32)29-21(26(35)36)14-17-7-5-4-6-8-17/h4-12,16,20-21,23,31H,3,13-15,27H2,1-2H3,(H,28,33)(H,29,32)(H,30,34)(H,35,36)/t16-,20-,21-,23-/m0/s1. The molecule has 0 aliphatic carbocycles. The Morgan fingerprint density at radius 1 is 0.861 bits per heavy atom. The van der Waals surface area contributed by atoms with Crippen molar-refractivity contribution in [2.24, 2.45) is 11.7 Å². The number of hydrogen-bond acceptors (Lipinski definition) is 6. The number of hydrogen-bond donors (Lipinski definition) is 6. The second kappa shape index (κ2) is 13.8. The summed E-state index contributed by atoms with van der Waals surface area (Å²) >= 11 is 0. The Bertz CT molecular complexity index is 1030. The highest BCUT2D eigenvalue weighted by Crippen LogP contribution is 2.12. The maximum absolute atomic E-state index is 12.9. The lowest BCUT2D eigenvalue weighted by Gasteiger charge is -2.23. The van der Waals surface area contributed by atoms with Crippen molar-refractivity contribution in [3.63, 3.8) is 0 Å². The first-order valence-corrected chi connectivity index (χ1v) is 11.8. The Labute approximate surface area is 210 Å². The number of phenols is 1. The van der Waals surface area contributed by atoms with Gasteiger partial charge in [-0.15, -0.1) is 0 Å². The van der Waals surface area contributed by atoms with E-state index >= 15 is 0 Å². The molecule has 2 rings (SSSR count). The maximum atomic E-state index is 12.9. The van der Waals surface area contributed by atoms with Crippen LogP contribution in [-0.4, -0.2) is 58.6 Å². The Morgan fingerprint density at radius 3 is 2.03 bits per heavy atom. The average molecular weight is 499 g/mol. The highest BCUT2D eigenvalue weighted by Gasteiger charge is 2.27. The molecule has 10 nitrogen and oxygen atoms in total. The molecule has 0 saturated heterocycles. The summed E-state index contributed by atoms with van der Waals surface area (Å²) in [5.41, 5.74) is 7.41. The average Bonchev–Trinajstić information content (AvgIpc) is 2.87. The molecule has 0 aliphatic rings. The number of nitrogens with two attached hydrogens (primary N) is 1. The number of carboxylic acids is 1. The minimum Gasteiger partial charge on any atom is -0.508 e. The smallest absolute Gasteiger partial charge is 0.326 e. The first-order chi connectivity index (χ1) is 17.1. The molecule has 4 atom stereocenters. The SMILES string of the molecule is CC[C@H](C)[C@H](N)C(=O)N[C@@H](Cc1ccc(O)cc1)C(=O)NCC(=O)N[C@@H](Cc1ccccc1)C(=O)O. The van der Waals surface area contributed by atoms with Crippen LogP contribution >= 0.6 is 0 Å². The Morgan fingerprint density at radius 2 is 1.44 bits per heavy atom. The fourth-order valence-electron chi connectivity index (χ4n) is 3.44. The molecule has 7 N–H and O–H groups in total. The van der Waals surface area contributed by atoms with Crippen LogP contribution in [0.5, 0.6) is 5.75 Å². The number of nitrogens with one attached hydrogen (secondary N) is 3. The Hall–Kier alpha value is -3.92. The predicted octanol–water partition coefficient (Wildman–Crippen LogP) is 0.721. The molecule has 0 saturated carbocycles. The quantitative estimate of drug-likeness (QED) is 0.236. The van der Waals surface area contributed by atoms with Gasteiger partial charge in [0.1, 0.15) is 17.8 Å². The number of phenolic OH excluding ortho intramolecular Hbond substituents is 1. The number of benzene rings is 2. The molecule has 0 spiro atoms. The highest BCUT2D eigenvalue weighted by atomic mass is 16.4. The lowest BCUT2D eigenvalue weighted by molar-refractivity contribution is -0.141. The van der Waals surface area contributed by atoms with Gasteiger partial charge in [0, 0.05) is 12.8 Å². The van der Waals surface area contributed by atoms with E-state index in [-0.39, 0.29) is 24.5 Å². The summed E-state index contributed by atoms with van der Waals surface area (Å²) in [6.07, 6.45) is 0.860. The van der Waals surface area contributed by atoms with E-state index < -0.39 is 48.4 Å². The lowest BCUT2D eigenvalue weighted by atomic mass is 9.98. The van der Waals surface area contributed by atoms with E-state index in [4.69, 9.17) is 5.73 Å². The van der Waals surface area contributed by atoms with Crippen LogP contribution in [0.15, 0.2) is 54.6 Å². The van der Waals surface area contributed by atoms with E-state index in [2.05, 4.69) is 16.0 Å². The van der Waals surface area contributed by atoms with Gasteiger partial charge in [-0.05, 0) is 29.2 Å². The summed E-state index contributed by atoms with van der Waals surface area (Å²) in [6, 6.07) is 12.0. The summed E-state index contributed by atoms with van der Waals surface area (Å²) in [4.78, 5) is 49.6. The molecule has 194 valence electrons. The minimum atomic E-state index is -1.20. The number of aliphatic carboxylic acids is 1. The third kappa shape index (κ3) is 9.03. The van der Waals surface area contributed by atoms with Gasteiger partial charge >= 0.3 is 5.97 Å². The van der Waals surface area contributed by atoms with E-state index in [9.17, 15) is 29.4 Å². The van der Waals surface area contributed by atoms with E-state index in [0.29, 0.717) is 12.0 Å². The molecule has 0 heterocycles. The summed E-state index contributed by atoms with van der Waals surface area (Å²) in [6.45, 7) is 3.26. The van der Waals surface area contributed by atoms with Gasteiger partial charge < -0.3 is 31.9 Å². The van der Waals surface area contributed by atoms with Gasteiger partial charge in [0.15, 0.2) is 0 Å². The molecule has 0 bridgehead atoms. The van der Waals surface area contributed by atoms with Gasteiger partial charge in [0.25, 0.3) is 0 Å². The monoisotopic (exact) mass is 498 g/mol.